The van der Waals surface area contributed by atoms with Crippen molar-refractivity contribution in [2.45, 2.75) is 44.3 Å². The van der Waals surface area contributed by atoms with Crippen molar-refractivity contribution in [1.29, 1.82) is 0 Å². The predicted molar refractivity (Wildman–Crippen MR) is 44.6 cm³/mol. The van der Waals surface area contributed by atoms with Crippen LogP contribution in [-0.2, 0) is 4.74 Å². The van der Waals surface area contributed by atoms with Crippen molar-refractivity contribution in [3.8, 4) is 0 Å². The van der Waals surface area contributed by atoms with Crippen LogP contribution in [0, 0.1) is 0 Å². The molecule has 2 fully saturated rings. The molecule has 64 valence electrons. The third kappa shape index (κ3) is 1.94. The number of rotatable bonds is 2. The van der Waals surface area contributed by atoms with Gasteiger partial charge in [0, 0.05) is 6.54 Å². The molecule has 2 heteroatoms. The molecule has 0 radical (unpaired) electrons. The van der Waals surface area contributed by atoms with E-state index in [-0.39, 0.29) is 0 Å². The number of nitrogens with one attached hydrogen (secondary N) is 1. The summed E-state index contributed by atoms with van der Waals surface area (Å²) in [6.45, 7) is 2.23. The summed E-state index contributed by atoms with van der Waals surface area (Å²) in [7, 11) is 0. The molecule has 0 spiro atoms. The topological polar surface area (TPSA) is 21.3 Å². The van der Waals surface area contributed by atoms with Gasteiger partial charge in [0.1, 0.15) is 0 Å². The zero-order valence-corrected chi connectivity index (χ0v) is 7.01. The van der Waals surface area contributed by atoms with E-state index in [9.17, 15) is 0 Å². The molecule has 1 saturated carbocycles. The highest BCUT2D eigenvalue weighted by atomic mass is 16.5. The van der Waals surface area contributed by atoms with Gasteiger partial charge in [-0.1, -0.05) is 12.8 Å². The van der Waals surface area contributed by atoms with Crippen LogP contribution >= 0.6 is 0 Å². The Morgan fingerprint density at radius 3 is 2.45 bits per heavy atom. The average molecular weight is 155 g/mol. The van der Waals surface area contributed by atoms with E-state index in [4.69, 9.17) is 4.74 Å². The Bertz CT molecular complexity index is 101. The summed E-state index contributed by atoms with van der Waals surface area (Å²) in [5, 5.41) is 3.32. The van der Waals surface area contributed by atoms with E-state index in [2.05, 4.69) is 5.32 Å². The van der Waals surface area contributed by atoms with Crippen LogP contribution in [0.25, 0.3) is 0 Å². The first-order valence-corrected chi connectivity index (χ1v) is 4.81. The van der Waals surface area contributed by atoms with Gasteiger partial charge < -0.3 is 10.1 Å². The molecule has 2 nitrogen and oxygen atoms in total. The van der Waals surface area contributed by atoms with Gasteiger partial charge in [0.2, 0.25) is 0 Å². The molecule has 2 aliphatic rings. The Morgan fingerprint density at radius 2 is 1.82 bits per heavy atom. The first-order chi connectivity index (χ1) is 5.45. The quantitative estimate of drug-likeness (QED) is 0.649. The monoisotopic (exact) mass is 155 g/mol. The summed E-state index contributed by atoms with van der Waals surface area (Å²) in [6.07, 6.45) is 7.71. The van der Waals surface area contributed by atoms with E-state index in [1.165, 1.54) is 32.1 Å². The van der Waals surface area contributed by atoms with E-state index in [1.54, 1.807) is 0 Å². The maximum absolute atomic E-state index is 5.91. The average Bonchev–Trinajstić information content (AvgIpc) is 2.60. The molecule has 1 saturated heterocycles. The van der Waals surface area contributed by atoms with Gasteiger partial charge in [0.05, 0.1) is 12.2 Å². The molecule has 0 bridgehead atoms. The molecule has 1 N–H and O–H groups in total. The summed E-state index contributed by atoms with van der Waals surface area (Å²) in [4.78, 5) is 0. The summed E-state index contributed by atoms with van der Waals surface area (Å²) in [6, 6.07) is 0. The molecule has 0 aromatic heterocycles. The first-order valence-electron chi connectivity index (χ1n) is 4.81. The van der Waals surface area contributed by atoms with Gasteiger partial charge in [-0.25, -0.2) is 0 Å². The molecule has 1 aliphatic carbocycles. The standard InChI is InChI=1S/C9H17NO/c1-2-4-8(3-1)11-9-5-6-10-7-9/h8-10H,1-7H2/t9-/m1/s1. The highest BCUT2D eigenvalue weighted by Crippen LogP contribution is 2.23. The highest BCUT2D eigenvalue weighted by molar-refractivity contribution is 4.75. The van der Waals surface area contributed by atoms with Gasteiger partial charge in [0.15, 0.2) is 0 Å². The molecule has 0 unspecified atom stereocenters. The van der Waals surface area contributed by atoms with Crippen LogP contribution in [0.5, 0.6) is 0 Å². The van der Waals surface area contributed by atoms with Crippen LogP contribution in [0.3, 0.4) is 0 Å². The number of hydrogen-bond donors (Lipinski definition) is 1. The van der Waals surface area contributed by atoms with Crippen LogP contribution in [0.15, 0.2) is 0 Å². The molecule has 1 aliphatic heterocycles. The summed E-state index contributed by atoms with van der Waals surface area (Å²) in [5.41, 5.74) is 0. The normalized spacial score (nSPS) is 33.3. The number of ether oxygens (including phenoxy) is 1. The molecule has 2 rings (SSSR count). The third-order valence-electron chi connectivity index (χ3n) is 2.70. The molecular formula is C9H17NO. The first kappa shape index (κ1) is 7.56. The van der Waals surface area contributed by atoms with Crippen LogP contribution in [0.1, 0.15) is 32.1 Å². The van der Waals surface area contributed by atoms with Crippen molar-refractivity contribution >= 4 is 0 Å². The highest BCUT2D eigenvalue weighted by Gasteiger charge is 2.22. The minimum Gasteiger partial charge on any atom is -0.374 e. The molecule has 11 heavy (non-hydrogen) atoms. The zero-order valence-electron chi connectivity index (χ0n) is 7.01. The smallest absolute Gasteiger partial charge is 0.0715 e. The Balaban J connectivity index is 1.71. The zero-order chi connectivity index (χ0) is 7.52. The van der Waals surface area contributed by atoms with Crippen molar-refractivity contribution in [1.82, 2.24) is 5.32 Å². The van der Waals surface area contributed by atoms with Crippen LogP contribution < -0.4 is 5.32 Å². The van der Waals surface area contributed by atoms with Crippen molar-refractivity contribution < 1.29 is 4.74 Å². The van der Waals surface area contributed by atoms with E-state index in [0.29, 0.717) is 12.2 Å². The van der Waals surface area contributed by atoms with Gasteiger partial charge in [-0.05, 0) is 25.8 Å². The van der Waals surface area contributed by atoms with Crippen LogP contribution in [-0.4, -0.2) is 25.3 Å². The second-order valence-electron chi connectivity index (χ2n) is 3.66. The Kier molecular flexibility index (Phi) is 2.44. The molecule has 0 amide bonds. The SMILES string of the molecule is C1CCC(O[C@@H]2CCNC2)C1. The fourth-order valence-electron chi connectivity index (χ4n) is 2.04. The van der Waals surface area contributed by atoms with Crippen LogP contribution in [0.2, 0.25) is 0 Å². The summed E-state index contributed by atoms with van der Waals surface area (Å²) < 4.78 is 5.91. The van der Waals surface area contributed by atoms with E-state index in [0.717, 1.165) is 13.1 Å². The molecule has 0 aromatic carbocycles. The largest absolute Gasteiger partial charge is 0.374 e. The second kappa shape index (κ2) is 3.55. The van der Waals surface area contributed by atoms with E-state index < -0.39 is 0 Å². The fourth-order valence-corrected chi connectivity index (χ4v) is 2.04. The van der Waals surface area contributed by atoms with E-state index in [1.807, 2.05) is 0 Å². The van der Waals surface area contributed by atoms with Gasteiger partial charge in [-0.3, -0.25) is 0 Å². The Labute approximate surface area is 68.3 Å². The Hall–Kier alpha value is -0.0800. The molecule has 1 heterocycles. The van der Waals surface area contributed by atoms with Crippen LogP contribution in [0.4, 0.5) is 0 Å². The molecule has 0 aromatic rings. The maximum atomic E-state index is 5.91. The maximum Gasteiger partial charge on any atom is 0.0715 e. The second-order valence-corrected chi connectivity index (χ2v) is 3.66. The third-order valence-corrected chi connectivity index (χ3v) is 2.70. The molecule has 1 atom stereocenters. The summed E-state index contributed by atoms with van der Waals surface area (Å²) in [5.74, 6) is 0. The van der Waals surface area contributed by atoms with Gasteiger partial charge >= 0.3 is 0 Å². The van der Waals surface area contributed by atoms with Crippen molar-refractivity contribution in [3.05, 3.63) is 0 Å². The Morgan fingerprint density at radius 1 is 1.00 bits per heavy atom. The van der Waals surface area contributed by atoms with Crippen molar-refractivity contribution in [2.75, 3.05) is 13.1 Å². The van der Waals surface area contributed by atoms with E-state index >= 15 is 0 Å². The van der Waals surface area contributed by atoms with Gasteiger partial charge in [0.25, 0.3) is 0 Å². The summed E-state index contributed by atoms with van der Waals surface area (Å²) >= 11 is 0. The molecular weight excluding hydrogens is 138 g/mol. The fraction of sp³-hybridized carbons (Fsp3) is 1.00. The predicted octanol–water partition coefficient (Wildman–Crippen LogP) is 1.31. The lowest BCUT2D eigenvalue weighted by atomic mass is 10.2. The number of hydrogen-bond acceptors (Lipinski definition) is 2. The minimum absolute atomic E-state index is 0.526. The minimum atomic E-state index is 0.526. The lowest BCUT2D eigenvalue weighted by Crippen LogP contribution is -2.22. The van der Waals surface area contributed by atoms with Crippen molar-refractivity contribution in [2.24, 2.45) is 0 Å². The van der Waals surface area contributed by atoms with Gasteiger partial charge in [-0.15, -0.1) is 0 Å². The van der Waals surface area contributed by atoms with Crippen molar-refractivity contribution in [3.63, 3.8) is 0 Å². The lowest BCUT2D eigenvalue weighted by Gasteiger charge is -2.16. The lowest BCUT2D eigenvalue weighted by molar-refractivity contribution is 0.00345. The van der Waals surface area contributed by atoms with Gasteiger partial charge in [-0.2, -0.15) is 0 Å².